The molecule has 128 valence electrons. The third-order valence-electron chi connectivity index (χ3n) is 4.64. The third-order valence-corrected chi connectivity index (χ3v) is 4.64. The number of pyridine rings is 2. The van der Waals surface area contributed by atoms with E-state index in [-0.39, 0.29) is 0 Å². The number of aliphatic imine (C=N–C) groups is 2. The van der Waals surface area contributed by atoms with Gasteiger partial charge in [0.15, 0.2) is 11.7 Å². The van der Waals surface area contributed by atoms with Crippen LogP contribution < -0.4 is 5.32 Å². The van der Waals surface area contributed by atoms with Crippen LogP contribution >= 0.6 is 0 Å². The number of nitrogens with zero attached hydrogens (tertiary/aromatic N) is 4. The molecule has 0 spiro atoms. The molecule has 3 heterocycles. The van der Waals surface area contributed by atoms with E-state index < -0.39 is 0 Å². The summed E-state index contributed by atoms with van der Waals surface area (Å²) in [6, 6.07) is 13.6. The molecule has 4 rings (SSSR count). The number of anilines is 1. The van der Waals surface area contributed by atoms with Crippen molar-refractivity contribution in [1.29, 1.82) is 0 Å². The van der Waals surface area contributed by atoms with E-state index in [4.69, 9.17) is 4.99 Å². The highest BCUT2D eigenvalue weighted by molar-refractivity contribution is 6.27. The van der Waals surface area contributed by atoms with Crippen LogP contribution in [0.2, 0.25) is 0 Å². The first-order valence-electron chi connectivity index (χ1n) is 8.51. The molecule has 2 aromatic heterocycles. The van der Waals surface area contributed by atoms with Crippen LogP contribution in [0.3, 0.4) is 0 Å². The van der Waals surface area contributed by atoms with Crippen LogP contribution in [0.25, 0.3) is 0 Å². The van der Waals surface area contributed by atoms with Crippen LogP contribution in [0.1, 0.15) is 27.8 Å². The lowest BCUT2D eigenvalue weighted by molar-refractivity contribution is 1.24. The smallest absolute Gasteiger partial charge is 0.164 e. The van der Waals surface area contributed by atoms with Crippen molar-refractivity contribution in [1.82, 2.24) is 9.97 Å². The summed E-state index contributed by atoms with van der Waals surface area (Å²) in [6.07, 6.45) is 3.49. The Morgan fingerprint density at radius 1 is 0.885 bits per heavy atom. The summed E-state index contributed by atoms with van der Waals surface area (Å²) in [6.45, 7) is 6.38. The van der Waals surface area contributed by atoms with Crippen LogP contribution in [0.15, 0.2) is 64.8 Å². The molecule has 0 aliphatic carbocycles. The molecule has 1 aromatic carbocycles. The molecule has 0 bridgehead atoms. The van der Waals surface area contributed by atoms with E-state index >= 15 is 0 Å². The van der Waals surface area contributed by atoms with Gasteiger partial charge < -0.3 is 5.32 Å². The van der Waals surface area contributed by atoms with Gasteiger partial charge >= 0.3 is 0 Å². The number of nitrogens with one attached hydrogen (secondary N) is 1. The van der Waals surface area contributed by atoms with Crippen molar-refractivity contribution in [2.45, 2.75) is 20.8 Å². The molecular formula is C21H19N5. The lowest BCUT2D eigenvalue weighted by Gasteiger charge is -2.13. The average molecular weight is 341 g/mol. The molecule has 26 heavy (non-hydrogen) atoms. The van der Waals surface area contributed by atoms with Gasteiger partial charge in [-0.25, -0.2) is 20.0 Å². The lowest BCUT2D eigenvalue weighted by Crippen LogP contribution is -2.14. The van der Waals surface area contributed by atoms with Gasteiger partial charge in [0.2, 0.25) is 0 Å². The van der Waals surface area contributed by atoms with E-state index in [0.29, 0.717) is 11.7 Å². The Labute approximate surface area is 152 Å². The number of aryl methyl sites for hydroxylation is 1. The first-order valence-corrected chi connectivity index (χ1v) is 8.51. The molecule has 5 nitrogen and oxygen atoms in total. The molecule has 0 fully saturated rings. The first-order chi connectivity index (χ1) is 12.6. The summed E-state index contributed by atoms with van der Waals surface area (Å²) in [5.74, 6) is 2.85. The summed E-state index contributed by atoms with van der Waals surface area (Å²) in [5, 5.41) is 3.34. The van der Waals surface area contributed by atoms with E-state index in [1.54, 1.807) is 12.4 Å². The number of amidine groups is 2. The number of aromatic nitrogens is 2. The zero-order chi connectivity index (χ0) is 18.1. The Morgan fingerprint density at radius 3 is 2.35 bits per heavy atom. The highest BCUT2D eigenvalue weighted by Gasteiger charge is 2.26. The molecule has 0 amide bonds. The summed E-state index contributed by atoms with van der Waals surface area (Å²) < 4.78 is 0. The Balaban J connectivity index is 1.86. The summed E-state index contributed by atoms with van der Waals surface area (Å²) in [7, 11) is 0. The van der Waals surface area contributed by atoms with Gasteiger partial charge in [-0.05, 0) is 67.8 Å². The molecule has 1 N–H and O–H groups in total. The molecule has 1 aliphatic rings. The molecule has 0 unspecified atom stereocenters. The second-order valence-electron chi connectivity index (χ2n) is 6.29. The van der Waals surface area contributed by atoms with Gasteiger partial charge in [0.25, 0.3) is 0 Å². The quantitative estimate of drug-likeness (QED) is 0.753. The molecule has 0 atom stereocenters. The van der Waals surface area contributed by atoms with Gasteiger partial charge in [-0.1, -0.05) is 12.1 Å². The maximum Gasteiger partial charge on any atom is 0.164 e. The van der Waals surface area contributed by atoms with Crippen molar-refractivity contribution >= 4 is 23.3 Å². The zero-order valence-corrected chi connectivity index (χ0v) is 15.0. The van der Waals surface area contributed by atoms with Gasteiger partial charge in [-0.2, -0.15) is 0 Å². The van der Waals surface area contributed by atoms with Crippen LogP contribution in [0, 0.1) is 20.8 Å². The van der Waals surface area contributed by atoms with Crippen molar-refractivity contribution in [3.8, 4) is 0 Å². The van der Waals surface area contributed by atoms with Gasteiger partial charge in [0, 0.05) is 23.5 Å². The fraction of sp³-hybridized carbons (Fsp3) is 0.143. The van der Waals surface area contributed by atoms with Gasteiger partial charge in [0.1, 0.15) is 11.7 Å². The van der Waals surface area contributed by atoms with Crippen molar-refractivity contribution in [3.05, 3.63) is 82.7 Å². The summed E-state index contributed by atoms with van der Waals surface area (Å²) >= 11 is 0. The maximum absolute atomic E-state index is 4.77. The molecule has 0 radical (unpaired) electrons. The largest absolute Gasteiger partial charge is 0.324 e. The number of hydrogen-bond donors (Lipinski definition) is 1. The van der Waals surface area contributed by atoms with Gasteiger partial charge in [0.05, 0.1) is 0 Å². The average Bonchev–Trinajstić information content (AvgIpc) is 2.98. The van der Waals surface area contributed by atoms with Crippen molar-refractivity contribution in [3.63, 3.8) is 0 Å². The molecule has 1 aliphatic heterocycles. The highest BCUT2D eigenvalue weighted by Crippen LogP contribution is 2.29. The number of fused-ring (bicyclic) bond motifs is 1. The van der Waals surface area contributed by atoms with Crippen LogP contribution in [0.5, 0.6) is 0 Å². The lowest BCUT2D eigenvalue weighted by atomic mass is 9.94. The fourth-order valence-electron chi connectivity index (χ4n) is 3.05. The second kappa shape index (κ2) is 6.52. The minimum absolute atomic E-state index is 0.646. The highest BCUT2D eigenvalue weighted by atomic mass is 15.1. The zero-order valence-electron chi connectivity index (χ0n) is 15.0. The van der Waals surface area contributed by atoms with Gasteiger partial charge in [-0.15, -0.1) is 0 Å². The normalized spacial score (nSPS) is 14.3. The van der Waals surface area contributed by atoms with E-state index in [9.17, 15) is 0 Å². The summed E-state index contributed by atoms with van der Waals surface area (Å²) in [4.78, 5) is 18.1. The standard InChI is InChI=1S/C21H19N5/c1-13-12-16-19(15(3)14(13)2)21(25-18-9-5-7-11-23-18)26-20(16)24-17-8-4-6-10-22-17/h4-12H,1-3H3,(H,22,23,24,25,26). The Morgan fingerprint density at radius 2 is 1.65 bits per heavy atom. The third kappa shape index (κ3) is 2.88. The number of hydrogen-bond acceptors (Lipinski definition) is 4. The molecule has 3 aromatic rings. The second-order valence-corrected chi connectivity index (χ2v) is 6.29. The fourth-order valence-corrected chi connectivity index (χ4v) is 3.05. The summed E-state index contributed by atoms with van der Waals surface area (Å²) in [5.41, 5.74) is 5.79. The molecular weight excluding hydrogens is 322 g/mol. The Hall–Kier alpha value is -3.34. The molecule has 0 saturated carbocycles. The van der Waals surface area contributed by atoms with Crippen molar-refractivity contribution < 1.29 is 0 Å². The maximum atomic E-state index is 4.77. The Kier molecular flexibility index (Phi) is 4.05. The van der Waals surface area contributed by atoms with Crippen molar-refractivity contribution in [2.24, 2.45) is 9.98 Å². The van der Waals surface area contributed by atoms with Crippen molar-refractivity contribution in [2.75, 3.05) is 5.32 Å². The predicted molar refractivity (Wildman–Crippen MR) is 105 cm³/mol. The molecule has 0 saturated heterocycles. The Bertz CT molecular complexity index is 1020. The van der Waals surface area contributed by atoms with E-state index in [0.717, 1.165) is 22.8 Å². The van der Waals surface area contributed by atoms with E-state index in [2.05, 4.69) is 47.1 Å². The minimum atomic E-state index is 0.646. The monoisotopic (exact) mass is 341 g/mol. The molecule has 5 heteroatoms. The van der Waals surface area contributed by atoms with Crippen LogP contribution in [-0.4, -0.2) is 21.6 Å². The van der Waals surface area contributed by atoms with Crippen LogP contribution in [-0.2, 0) is 0 Å². The topological polar surface area (TPSA) is 62.5 Å². The number of rotatable bonds is 2. The SMILES string of the molecule is Cc1cc2c(c(C)c1C)C(Nc1ccccn1)=N/C2=N\c1ccccn1. The number of benzene rings is 1. The van der Waals surface area contributed by atoms with E-state index in [1.807, 2.05) is 36.4 Å². The predicted octanol–water partition coefficient (Wildman–Crippen LogP) is 4.35. The first kappa shape index (κ1) is 16.1. The van der Waals surface area contributed by atoms with E-state index in [1.165, 1.54) is 16.7 Å². The van der Waals surface area contributed by atoms with Gasteiger partial charge in [-0.3, -0.25) is 0 Å². The van der Waals surface area contributed by atoms with Crippen LogP contribution in [0.4, 0.5) is 11.6 Å². The minimum Gasteiger partial charge on any atom is -0.324 e.